The van der Waals surface area contributed by atoms with Gasteiger partial charge in [-0.15, -0.1) is 0 Å². The quantitative estimate of drug-likeness (QED) is 0.780. The summed E-state index contributed by atoms with van der Waals surface area (Å²) in [5, 5.41) is 3.26. The highest BCUT2D eigenvalue weighted by atomic mass is 19.4. The van der Waals surface area contributed by atoms with Gasteiger partial charge in [-0.2, -0.15) is 13.2 Å². The first-order valence-electron chi connectivity index (χ1n) is 5.58. The zero-order valence-electron chi connectivity index (χ0n) is 8.69. The van der Waals surface area contributed by atoms with Crippen LogP contribution in [0.25, 0.3) is 0 Å². The second kappa shape index (κ2) is 4.29. The van der Waals surface area contributed by atoms with Crippen molar-refractivity contribution in [3.05, 3.63) is 0 Å². The topological polar surface area (TPSA) is 15.3 Å². The van der Waals surface area contributed by atoms with Crippen molar-refractivity contribution < 1.29 is 13.2 Å². The summed E-state index contributed by atoms with van der Waals surface area (Å²) < 4.78 is 36.3. The average Bonchev–Trinajstić information content (AvgIpc) is 2.97. The van der Waals surface area contributed by atoms with Crippen molar-refractivity contribution in [1.29, 1.82) is 0 Å². The largest absolute Gasteiger partial charge is 0.390 e. The Labute approximate surface area is 87.8 Å². The molecule has 5 heteroatoms. The Morgan fingerprint density at radius 1 is 1.27 bits per heavy atom. The van der Waals surface area contributed by atoms with Crippen LogP contribution in [0.5, 0.6) is 0 Å². The van der Waals surface area contributed by atoms with E-state index in [9.17, 15) is 13.2 Å². The molecule has 0 aromatic heterocycles. The third-order valence-electron chi connectivity index (χ3n) is 3.25. The van der Waals surface area contributed by atoms with Crippen molar-refractivity contribution >= 4 is 0 Å². The standard InChI is InChI=1S/C10H17F3N2/c11-10(12,13)3-5-15-6-4-14-7-9(15)8-1-2-8/h8-9,14H,1-7H2. The molecule has 0 bridgehead atoms. The minimum absolute atomic E-state index is 0.173. The Balaban J connectivity index is 1.82. The van der Waals surface area contributed by atoms with E-state index < -0.39 is 12.6 Å². The lowest BCUT2D eigenvalue weighted by atomic mass is 10.1. The van der Waals surface area contributed by atoms with Crippen LogP contribution in [0.3, 0.4) is 0 Å². The van der Waals surface area contributed by atoms with Gasteiger partial charge in [0.05, 0.1) is 6.42 Å². The molecule has 1 atom stereocenters. The summed E-state index contributed by atoms with van der Waals surface area (Å²) in [6, 6.07) is 0.348. The van der Waals surface area contributed by atoms with Crippen LogP contribution < -0.4 is 5.32 Å². The van der Waals surface area contributed by atoms with E-state index in [4.69, 9.17) is 0 Å². The summed E-state index contributed by atoms with van der Waals surface area (Å²) in [5.41, 5.74) is 0. The van der Waals surface area contributed by atoms with Crippen molar-refractivity contribution in [3.63, 3.8) is 0 Å². The second-order valence-corrected chi connectivity index (χ2v) is 4.51. The van der Waals surface area contributed by atoms with Gasteiger partial charge >= 0.3 is 6.18 Å². The molecule has 0 radical (unpaired) electrons. The fourth-order valence-electron chi connectivity index (χ4n) is 2.26. The Hall–Kier alpha value is -0.290. The van der Waals surface area contributed by atoms with Crippen LogP contribution in [-0.4, -0.2) is 43.3 Å². The number of hydrogen-bond acceptors (Lipinski definition) is 2. The second-order valence-electron chi connectivity index (χ2n) is 4.51. The first-order valence-corrected chi connectivity index (χ1v) is 5.58. The summed E-state index contributed by atoms with van der Waals surface area (Å²) in [6.07, 6.45) is -2.31. The first-order chi connectivity index (χ1) is 7.06. The van der Waals surface area contributed by atoms with E-state index in [1.54, 1.807) is 0 Å². The molecule has 15 heavy (non-hydrogen) atoms. The molecule has 1 unspecified atom stereocenters. The Bertz CT molecular complexity index is 213. The molecular weight excluding hydrogens is 205 g/mol. The van der Waals surface area contributed by atoms with E-state index in [1.807, 2.05) is 4.90 Å². The fraction of sp³-hybridized carbons (Fsp3) is 1.00. The van der Waals surface area contributed by atoms with Gasteiger partial charge in [0.1, 0.15) is 0 Å². The third kappa shape index (κ3) is 3.34. The molecule has 2 fully saturated rings. The van der Waals surface area contributed by atoms with Crippen molar-refractivity contribution in [3.8, 4) is 0 Å². The molecule has 0 amide bonds. The zero-order chi connectivity index (χ0) is 10.9. The molecular formula is C10H17F3N2. The molecule has 2 aliphatic rings. The predicted molar refractivity (Wildman–Crippen MR) is 51.6 cm³/mol. The highest BCUT2D eigenvalue weighted by molar-refractivity contribution is 4.92. The number of nitrogens with one attached hydrogen (secondary N) is 1. The first kappa shape index (κ1) is 11.2. The van der Waals surface area contributed by atoms with Crippen molar-refractivity contribution in [2.24, 2.45) is 5.92 Å². The fourth-order valence-corrected chi connectivity index (χ4v) is 2.26. The van der Waals surface area contributed by atoms with Gasteiger partial charge in [0.2, 0.25) is 0 Å². The van der Waals surface area contributed by atoms with Crippen molar-refractivity contribution in [1.82, 2.24) is 10.2 Å². The van der Waals surface area contributed by atoms with Gasteiger partial charge in [-0.1, -0.05) is 0 Å². The number of hydrogen-bond donors (Lipinski definition) is 1. The smallest absolute Gasteiger partial charge is 0.314 e. The monoisotopic (exact) mass is 222 g/mol. The third-order valence-corrected chi connectivity index (χ3v) is 3.25. The van der Waals surface area contributed by atoms with E-state index in [-0.39, 0.29) is 6.54 Å². The van der Waals surface area contributed by atoms with Gasteiger partial charge in [0.15, 0.2) is 0 Å². The van der Waals surface area contributed by atoms with E-state index in [0.29, 0.717) is 12.0 Å². The summed E-state index contributed by atoms with van der Waals surface area (Å²) in [6.45, 7) is 2.62. The van der Waals surface area contributed by atoms with E-state index in [1.165, 1.54) is 12.8 Å². The number of rotatable bonds is 3. The molecule has 0 aromatic rings. The minimum atomic E-state index is -4.01. The molecule has 1 saturated heterocycles. The molecule has 1 N–H and O–H groups in total. The molecule has 0 spiro atoms. The summed E-state index contributed by atoms with van der Waals surface area (Å²) in [5.74, 6) is 0.644. The number of alkyl halides is 3. The maximum atomic E-state index is 12.1. The maximum absolute atomic E-state index is 12.1. The van der Waals surface area contributed by atoms with Crippen LogP contribution in [0.2, 0.25) is 0 Å². The maximum Gasteiger partial charge on any atom is 0.390 e. The summed E-state index contributed by atoms with van der Waals surface area (Å²) in [7, 11) is 0. The Kier molecular flexibility index (Phi) is 3.21. The number of halogens is 3. The molecule has 1 heterocycles. The van der Waals surface area contributed by atoms with Crippen LogP contribution in [0.15, 0.2) is 0 Å². The van der Waals surface area contributed by atoms with Gasteiger partial charge in [-0.25, -0.2) is 0 Å². The van der Waals surface area contributed by atoms with Gasteiger partial charge in [0, 0.05) is 32.2 Å². The van der Waals surface area contributed by atoms with Crippen LogP contribution in [0, 0.1) is 5.92 Å². The van der Waals surface area contributed by atoms with E-state index >= 15 is 0 Å². The van der Waals surface area contributed by atoms with E-state index in [2.05, 4.69) is 5.32 Å². The average molecular weight is 222 g/mol. The van der Waals surface area contributed by atoms with Gasteiger partial charge < -0.3 is 5.32 Å². The van der Waals surface area contributed by atoms with Crippen molar-refractivity contribution in [2.45, 2.75) is 31.5 Å². The lowest BCUT2D eigenvalue weighted by Gasteiger charge is -2.36. The van der Waals surface area contributed by atoms with Crippen LogP contribution >= 0.6 is 0 Å². The van der Waals surface area contributed by atoms with Crippen molar-refractivity contribution in [2.75, 3.05) is 26.2 Å². The Morgan fingerprint density at radius 2 is 2.00 bits per heavy atom. The molecule has 88 valence electrons. The lowest BCUT2D eigenvalue weighted by Crippen LogP contribution is -2.52. The lowest BCUT2D eigenvalue weighted by molar-refractivity contribution is -0.139. The van der Waals surface area contributed by atoms with Crippen LogP contribution in [0.1, 0.15) is 19.3 Å². The van der Waals surface area contributed by atoms with E-state index in [0.717, 1.165) is 19.6 Å². The SMILES string of the molecule is FC(F)(F)CCN1CCNCC1C1CC1. The molecule has 1 aliphatic heterocycles. The number of nitrogens with zero attached hydrogens (tertiary/aromatic N) is 1. The highest BCUT2D eigenvalue weighted by Crippen LogP contribution is 2.36. The van der Waals surface area contributed by atoms with Gasteiger partial charge in [-0.3, -0.25) is 4.90 Å². The van der Waals surface area contributed by atoms with Gasteiger partial charge in [0.25, 0.3) is 0 Å². The normalized spacial score (nSPS) is 29.4. The highest BCUT2D eigenvalue weighted by Gasteiger charge is 2.38. The minimum Gasteiger partial charge on any atom is -0.314 e. The van der Waals surface area contributed by atoms with Gasteiger partial charge in [-0.05, 0) is 18.8 Å². The van der Waals surface area contributed by atoms with Crippen LogP contribution in [-0.2, 0) is 0 Å². The number of piperazine rings is 1. The summed E-state index contributed by atoms with van der Waals surface area (Å²) >= 11 is 0. The zero-order valence-corrected chi connectivity index (χ0v) is 8.69. The molecule has 2 nitrogen and oxygen atoms in total. The Morgan fingerprint density at radius 3 is 2.60 bits per heavy atom. The predicted octanol–water partition coefficient (Wildman–Crippen LogP) is 1.62. The summed E-state index contributed by atoms with van der Waals surface area (Å²) in [4.78, 5) is 2.02. The molecule has 2 rings (SSSR count). The molecule has 1 saturated carbocycles. The molecule has 0 aromatic carbocycles. The van der Waals surface area contributed by atoms with Crippen LogP contribution in [0.4, 0.5) is 13.2 Å². The molecule has 1 aliphatic carbocycles.